The van der Waals surface area contributed by atoms with E-state index in [1.807, 2.05) is 12.1 Å². The highest BCUT2D eigenvalue weighted by Gasteiger charge is 2.12. The summed E-state index contributed by atoms with van der Waals surface area (Å²) in [6.07, 6.45) is 0.453. The van der Waals surface area contributed by atoms with Crippen LogP contribution in [0.4, 0.5) is 5.69 Å². The van der Waals surface area contributed by atoms with Gasteiger partial charge in [0.15, 0.2) is 0 Å². The fourth-order valence-electron chi connectivity index (χ4n) is 1.77. The number of benzene rings is 1. The van der Waals surface area contributed by atoms with E-state index in [1.54, 1.807) is 24.3 Å². The third kappa shape index (κ3) is 5.51. The van der Waals surface area contributed by atoms with Crippen LogP contribution in [0, 0.1) is 22.7 Å². The molecule has 1 aromatic rings. The van der Waals surface area contributed by atoms with Crippen molar-refractivity contribution in [3.8, 4) is 12.1 Å². The number of nitrogens with one attached hydrogen (secondary N) is 1. The summed E-state index contributed by atoms with van der Waals surface area (Å²) in [5.41, 5.74) is 6.22. The smallest absolute Gasteiger partial charge is 0.248 e. The Hall–Kier alpha value is -3.06. The van der Waals surface area contributed by atoms with Crippen LogP contribution < -0.4 is 11.1 Å². The second-order valence-corrected chi connectivity index (χ2v) is 4.49. The van der Waals surface area contributed by atoms with Gasteiger partial charge in [-0.1, -0.05) is 0 Å². The van der Waals surface area contributed by atoms with E-state index >= 15 is 0 Å². The molecule has 0 unspecified atom stereocenters. The van der Waals surface area contributed by atoms with Crippen LogP contribution in [0.3, 0.4) is 0 Å². The Morgan fingerprint density at radius 2 is 1.64 bits per heavy atom. The van der Waals surface area contributed by atoms with Gasteiger partial charge in [0.05, 0.1) is 31.5 Å². The van der Waals surface area contributed by atoms with Gasteiger partial charge in [0.2, 0.25) is 11.8 Å². The van der Waals surface area contributed by atoms with Crippen LogP contribution in [0.25, 0.3) is 0 Å². The lowest BCUT2D eigenvalue weighted by molar-refractivity contribution is -0.129. The van der Waals surface area contributed by atoms with E-state index in [0.29, 0.717) is 24.3 Å². The molecule has 0 fully saturated rings. The first-order chi connectivity index (χ1) is 10.6. The zero-order valence-corrected chi connectivity index (χ0v) is 12.1. The van der Waals surface area contributed by atoms with Gasteiger partial charge in [0.25, 0.3) is 0 Å². The third-order valence-electron chi connectivity index (χ3n) is 2.95. The number of carbonyl (C=O) groups excluding carboxylic acids is 2. The molecule has 0 radical (unpaired) electrons. The number of nitrogens with two attached hydrogens (primary N) is 1. The third-order valence-corrected chi connectivity index (χ3v) is 2.95. The number of primary amides is 1. The number of hydrogen-bond donors (Lipinski definition) is 2. The molecular weight excluding hydrogens is 282 g/mol. The molecule has 0 saturated heterocycles. The maximum Gasteiger partial charge on any atom is 0.248 e. The van der Waals surface area contributed by atoms with Gasteiger partial charge in [-0.3, -0.25) is 9.59 Å². The van der Waals surface area contributed by atoms with Crippen LogP contribution in [0.15, 0.2) is 24.3 Å². The summed E-state index contributed by atoms with van der Waals surface area (Å²) in [7, 11) is 0. The van der Waals surface area contributed by atoms with Gasteiger partial charge in [-0.15, -0.1) is 0 Å². The standard InChI is InChI=1S/C15H17N5O2/c16-7-1-9-20(10-2-8-17)14(21)11-19-13-5-3-12(4-6-13)15(18)22/h3-6,19H,1-2,9-11H2,(H2,18,22). The number of hydrogen-bond acceptors (Lipinski definition) is 5. The number of carbonyl (C=O) groups is 2. The SMILES string of the molecule is N#CCCN(CCC#N)C(=O)CNc1ccc(C(N)=O)cc1. The summed E-state index contributed by atoms with van der Waals surface area (Å²) in [6.45, 7) is 0.658. The lowest BCUT2D eigenvalue weighted by Crippen LogP contribution is -2.36. The molecular formula is C15H17N5O2. The average molecular weight is 299 g/mol. The number of amides is 2. The molecule has 7 heteroatoms. The van der Waals surface area contributed by atoms with E-state index < -0.39 is 5.91 Å². The number of rotatable bonds is 8. The predicted molar refractivity (Wildman–Crippen MR) is 80.5 cm³/mol. The Morgan fingerprint density at radius 3 is 2.09 bits per heavy atom. The van der Waals surface area contributed by atoms with E-state index in [9.17, 15) is 9.59 Å². The van der Waals surface area contributed by atoms with Crippen LogP contribution in [-0.4, -0.2) is 36.3 Å². The molecule has 114 valence electrons. The van der Waals surface area contributed by atoms with Crippen molar-refractivity contribution in [3.05, 3.63) is 29.8 Å². The Bertz CT molecular complexity index is 580. The summed E-state index contributed by atoms with van der Waals surface area (Å²) >= 11 is 0. The predicted octanol–water partition coefficient (Wildman–Crippen LogP) is 0.853. The van der Waals surface area contributed by atoms with Gasteiger partial charge >= 0.3 is 0 Å². The first kappa shape index (κ1) is 17.0. The Morgan fingerprint density at radius 1 is 1.09 bits per heavy atom. The summed E-state index contributed by atoms with van der Waals surface area (Å²) < 4.78 is 0. The lowest BCUT2D eigenvalue weighted by Gasteiger charge is -2.20. The van der Waals surface area contributed by atoms with Crippen molar-refractivity contribution in [2.75, 3.05) is 25.0 Å². The highest BCUT2D eigenvalue weighted by Crippen LogP contribution is 2.09. The Labute approximate surface area is 128 Å². The molecule has 0 atom stereocenters. The molecule has 0 aliphatic rings. The normalized spacial score (nSPS) is 9.36. The van der Waals surface area contributed by atoms with Gasteiger partial charge in [-0.2, -0.15) is 10.5 Å². The summed E-state index contributed by atoms with van der Waals surface area (Å²) in [6, 6.07) is 10.4. The van der Waals surface area contributed by atoms with Crippen molar-refractivity contribution in [1.29, 1.82) is 10.5 Å². The van der Waals surface area contributed by atoms with Crippen molar-refractivity contribution in [3.63, 3.8) is 0 Å². The van der Waals surface area contributed by atoms with E-state index in [2.05, 4.69) is 5.32 Å². The molecule has 0 aliphatic carbocycles. The van der Waals surface area contributed by atoms with Gasteiger partial charge in [0.1, 0.15) is 0 Å². The van der Waals surface area contributed by atoms with Crippen LogP contribution in [0.2, 0.25) is 0 Å². The van der Waals surface area contributed by atoms with Crippen molar-refractivity contribution >= 4 is 17.5 Å². The molecule has 0 saturated carbocycles. The van der Waals surface area contributed by atoms with Crippen molar-refractivity contribution in [2.45, 2.75) is 12.8 Å². The highest BCUT2D eigenvalue weighted by atomic mass is 16.2. The maximum absolute atomic E-state index is 12.1. The minimum atomic E-state index is -0.512. The van der Waals surface area contributed by atoms with Crippen LogP contribution >= 0.6 is 0 Å². The largest absolute Gasteiger partial charge is 0.376 e. The fraction of sp³-hybridized carbons (Fsp3) is 0.333. The van der Waals surface area contributed by atoms with E-state index in [4.69, 9.17) is 16.3 Å². The maximum atomic E-state index is 12.1. The summed E-state index contributed by atoms with van der Waals surface area (Å²) in [5.74, 6) is -0.703. The summed E-state index contributed by atoms with van der Waals surface area (Å²) in [4.78, 5) is 24.5. The van der Waals surface area contributed by atoms with Crippen molar-refractivity contribution in [2.24, 2.45) is 5.73 Å². The minimum Gasteiger partial charge on any atom is -0.376 e. The second-order valence-electron chi connectivity index (χ2n) is 4.49. The topological polar surface area (TPSA) is 123 Å². The Balaban J connectivity index is 2.56. The van der Waals surface area contributed by atoms with Gasteiger partial charge in [-0.25, -0.2) is 0 Å². The molecule has 1 aromatic carbocycles. The molecule has 0 aliphatic heterocycles. The van der Waals surface area contributed by atoms with Crippen LogP contribution in [-0.2, 0) is 4.79 Å². The van der Waals surface area contributed by atoms with E-state index in [1.165, 1.54) is 4.90 Å². The molecule has 3 N–H and O–H groups in total. The van der Waals surface area contributed by atoms with Crippen molar-refractivity contribution in [1.82, 2.24) is 4.90 Å². The first-order valence-electron chi connectivity index (χ1n) is 6.74. The second kappa shape index (κ2) is 8.98. The summed E-state index contributed by atoms with van der Waals surface area (Å²) in [5, 5.41) is 20.1. The fourth-order valence-corrected chi connectivity index (χ4v) is 1.77. The molecule has 2 amide bonds. The number of nitrogens with zero attached hydrogens (tertiary/aromatic N) is 3. The van der Waals surface area contributed by atoms with Gasteiger partial charge < -0.3 is 16.0 Å². The molecule has 22 heavy (non-hydrogen) atoms. The monoisotopic (exact) mass is 299 g/mol. The zero-order chi connectivity index (χ0) is 16.4. The van der Waals surface area contributed by atoms with Gasteiger partial charge in [0, 0.05) is 24.3 Å². The van der Waals surface area contributed by atoms with Crippen LogP contribution in [0.1, 0.15) is 23.2 Å². The Kier molecular flexibility index (Phi) is 6.94. The number of nitriles is 2. The average Bonchev–Trinajstić information content (AvgIpc) is 2.53. The lowest BCUT2D eigenvalue weighted by atomic mass is 10.2. The molecule has 7 nitrogen and oxygen atoms in total. The van der Waals surface area contributed by atoms with Crippen molar-refractivity contribution < 1.29 is 9.59 Å². The molecule has 0 bridgehead atoms. The quantitative estimate of drug-likeness (QED) is 0.736. The van der Waals surface area contributed by atoms with Gasteiger partial charge in [-0.05, 0) is 24.3 Å². The zero-order valence-electron chi connectivity index (χ0n) is 12.1. The molecule has 1 rings (SSSR count). The first-order valence-corrected chi connectivity index (χ1v) is 6.74. The molecule has 0 spiro atoms. The highest BCUT2D eigenvalue weighted by molar-refractivity contribution is 5.93. The van der Waals surface area contributed by atoms with Crippen LogP contribution in [0.5, 0.6) is 0 Å². The molecule has 0 heterocycles. The minimum absolute atomic E-state index is 0.0484. The molecule has 0 aromatic heterocycles. The van der Waals surface area contributed by atoms with E-state index in [-0.39, 0.29) is 25.3 Å². The number of anilines is 1. The van der Waals surface area contributed by atoms with E-state index in [0.717, 1.165) is 0 Å².